The van der Waals surface area contributed by atoms with E-state index in [9.17, 15) is 0 Å². The second-order valence-electron chi connectivity index (χ2n) is 17.8. The van der Waals surface area contributed by atoms with E-state index in [0.717, 1.165) is 0 Å². The Morgan fingerprint density at radius 3 is 2.16 bits per heavy atom. The first-order valence-corrected chi connectivity index (χ1v) is 20.0. The van der Waals surface area contributed by atoms with Gasteiger partial charge in [-0.1, -0.05) is 115 Å². The van der Waals surface area contributed by atoms with Gasteiger partial charge in [-0.25, -0.2) is 0 Å². The van der Waals surface area contributed by atoms with E-state index in [-0.39, 0.29) is 23.0 Å². The van der Waals surface area contributed by atoms with Gasteiger partial charge in [0.2, 0.25) is 6.71 Å². The van der Waals surface area contributed by atoms with E-state index >= 15 is 0 Å². The number of benzene rings is 6. The lowest BCUT2D eigenvalue weighted by atomic mass is 9.30. The molecule has 0 bridgehead atoms. The van der Waals surface area contributed by atoms with Gasteiger partial charge in [-0.15, -0.1) is 22.7 Å². The molecule has 0 N–H and O–H groups in total. The van der Waals surface area contributed by atoms with E-state index in [4.69, 9.17) is 0 Å². The molecule has 0 saturated carbocycles. The molecule has 51 heavy (non-hydrogen) atoms. The van der Waals surface area contributed by atoms with Crippen LogP contribution in [0.4, 0.5) is 0 Å². The highest BCUT2D eigenvalue weighted by Gasteiger charge is 2.45. The van der Waals surface area contributed by atoms with Gasteiger partial charge in [0.15, 0.2) is 0 Å². The number of thiophene rings is 2. The third kappa shape index (κ3) is 3.83. The molecule has 0 unspecified atom stereocenters. The number of hydrogen-bond acceptors (Lipinski definition) is 2. The van der Waals surface area contributed by atoms with Crippen LogP contribution in [0.15, 0.2) is 97.1 Å². The number of fused-ring (bicyclic) bond motifs is 14. The van der Waals surface area contributed by atoms with E-state index in [1.54, 1.807) is 0 Å². The fourth-order valence-corrected chi connectivity index (χ4v) is 12.1. The van der Waals surface area contributed by atoms with E-state index in [1.165, 1.54) is 106 Å². The van der Waals surface area contributed by atoms with E-state index in [1.807, 2.05) is 22.7 Å². The first-order valence-electron chi connectivity index (χ1n) is 18.4. The van der Waals surface area contributed by atoms with Crippen molar-refractivity contribution in [1.82, 2.24) is 4.57 Å². The summed E-state index contributed by atoms with van der Waals surface area (Å²) in [5, 5.41) is 8.34. The van der Waals surface area contributed by atoms with Crippen LogP contribution in [0, 0.1) is 0 Å². The van der Waals surface area contributed by atoms with Crippen molar-refractivity contribution in [3.8, 4) is 5.69 Å². The zero-order valence-corrected chi connectivity index (χ0v) is 32.2. The van der Waals surface area contributed by atoms with Crippen LogP contribution in [0.25, 0.3) is 67.8 Å². The van der Waals surface area contributed by atoms with Crippen LogP contribution in [0.1, 0.15) is 77.6 Å². The van der Waals surface area contributed by atoms with Crippen LogP contribution in [-0.2, 0) is 16.2 Å². The lowest BCUT2D eigenvalue weighted by Crippen LogP contribution is -2.63. The van der Waals surface area contributed by atoms with Crippen molar-refractivity contribution in [2.45, 2.75) is 71.6 Å². The maximum atomic E-state index is 2.62. The summed E-state index contributed by atoms with van der Waals surface area (Å²) in [5.74, 6) is 0. The highest BCUT2D eigenvalue weighted by Crippen LogP contribution is 2.47. The standard InChI is InChI=1S/C47H40BNS2/c1-45(2,3)25-16-18-36-29(20-25)31-21-26(46(4,5)6)22-35-43(31)49(36)37-14-11-13-32-42(37)48(35)34-23-30-27-17-19-39-41(28-12-9-10-15-38(28)50-39)44(27)51-40(30)24-33(34)47(32,7)8/h9-24H,1-8H3. The molecule has 0 atom stereocenters. The smallest absolute Gasteiger partial charge is 0.247 e. The van der Waals surface area contributed by atoms with Crippen molar-refractivity contribution in [3.05, 3.63) is 119 Å². The van der Waals surface area contributed by atoms with Crippen LogP contribution in [0.3, 0.4) is 0 Å². The van der Waals surface area contributed by atoms with Gasteiger partial charge in [0.05, 0.1) is 5.52 Å². The second-order valence-corrected chi connectivity index (χ2v) is 19.9. The average Bonchev–Trinajstić information content (AvgIpc) is 3.76. The van der Waals surface area contributed by atoms with Crippen LogP contribution >= 0.6 is 22.7 Å². The summed E-state index contributed by atoms with van der Waals surface area (Å²) in [5.41, 5.74) is 14.1. The zero-order valence-electron chi connectivity index (χ0n) is 30.6. The van der Waals surface area contributed by atoms with Crippen molar-refractivity contribution in [2.75, 3.05) is 0 Å². The average molecular weight is 694 g/mol. The second kappa shape index (κ2) is 9.53. The lowest BCUT2D eigenvalue weighted by molar-refractivity contribution is 0.590. The minimum atomic E-state index is -0.146. The topological polar surface area (TPSA) is 4.93 Å². The maximum Gasteiger partial charge on any atom is 0.247 e. The van der Waals surface area contributed by atoms with E-state index < -0.39 is 0 Å². The fraction of sp³-hybridized carbons (Fsp3) is 0.234. The predicted molar refractivity (Wildman–Crippen MR) is 227 cm³/mol. The Morgan fingerprint density at radius 2 is 1.35 bits per heavy atom. The molecule has 2 aliphatic rings. The van der Waals surface area contributed by atoms with Crippen LogP contribution in [0.2, 0.25) is 0 Å². The molecular weight excluding hydrogens is 653 g/mol. The Balaban J connectivity index is 1.29. The van der Waals surface area contributed by atoms with Crippen LogP contribution in [-0.4, -0.2) is 11.3 Å². The summed E-state index contributed by atoms with van der Waals surface area (Å²) in [4.78, 5) is 0. The van der Waals surface area contributed by atoms with Gasteiger partial charge in [0.1, 0.15) is 0 Å². The van der Waals surface area contributed by atoms with Crippen LogP contribution < -0.4 is 16.4 Å². The van der Waals surface area contributed by atoms with Crippen molar-refractivity contribution < 1.29 is 0 Å². The molecule has 0 fully saturated rings. The molecule has 3 aromatic heterocycles. The molecule has 248 valence electrons. The van der Waals surface area contributed by atoms with Gasteiger partial charge in [-0.3, -0.25) is 0 Å². The highest BCUT2D eigenvalue weighted by atomic mass is 32.1. The summed E-state index contributed by atoms with van der Waals surface area (Å²) in [6, 6.07) is 38.4. The maximum absolute atomic E-state index is 2.62. The summed E-state index contributed by atoms with van der Waals surface area (Å²) >= 11 is 3.91. The van der Waals surface area contributed by atoms with Gasteiger partial charge in [0.25, 0.3) is 0 Å². The third-order valence-corrected chi connectivity index (χ3v) is 14.7. The van der Waals surface area contributed by atoms with E-state index in [0.29, 0.717) is 0 Å². The molecule has 0 spiro atoms. The Bertz CT molecular complexity index is 3020. The normalized spacial score (nSPS) is 15.2. The molecule has 1 nitrogen and oxygen atoms in total. The summed E-state index contributed by atoms with van der Waals surface area (Å²) in [6.45, 7) is 19.2. The lowest BCUT2D eigenvalue weighted by Gasteiger charge is -2.42. The van der Waals surface area contributed by atoms with Gasteiger partial charge in [-0.05, 0) is 91.9 Å². The quantitative estimate of drug-likeness (QED) is 0.139. The number of rotatable bonds is 0. The molecule has 0 radical (unpaired) electrons. The van der Waals surface area contributed by atoms with Crippen molar-refractivity contribution in [3.63, 3.8) is 0 Å². The number of hydrogen-bond donors (Lipinski definition) is 0. The molecule has 0 aliphatic carbocycles. The first-order chi connectivity index (χ1) is 24.3. The molecule has 2 aliphatic heterocycles. The van der Waals surface area contributed by atoms with Gasteiger partial charge in [0, 0.05) is 62.3 Å². The SMILES string of the molecule is CC(C)(C)c1ccc2c(c1)c1cc(C(C)(C)C)cc3c1n2-c1cccc2c1B3c1cc3c(cc1C2(C)C)sc1c3ccc2sc3ccccc3c21. The molecule has 5 heterocycles. The van der Waals surface area contributed by atoms with Crippen molar-refractivity contribution in [1.29, 1.82) is 0 Å². The summed E-state index contributed by atoms with van der Waals surface area (Å²) in [7, 11) is 0. The van der Waals surface area contributed by atoms with Gasteiger partial charge in [-0.2, -0.15) is 0 Å². The summed E-state index contributed by atoms with van der Waals surface area (Å²) < 4.78 is 8.19. The van der Waals surface area contributed by atoms with Crippen molar-refractivity contribution in [2.24, 2.45) is 0 Å². The molecular formula is C47H40BNS2. The minimum Gasteiger partial charge on any atom is -0.310 e. The molecule has 11 rings (SSSR count). The van der Waals surface area contributed by atoms with Crippen LogP contribution in [0.5, 0.6) is 0 Å². The molecule has 0 amide bonds. The zero-order chi connectivity index (χ0) is 34.9. The largest absolute Gasteiger partial charge is 0.310 e. The fourth-order valence-electron chi connectivity index (χ4n) is 9.65. The molecule has 9 aromatic rings. The highest BCUT2D eigenvalue weighted by molar-refractivity contribution is 7.29. The predicted octanol–water partition coefficient (Wildman–Crippen LogP) is 11.6. The Kier molecular flexibility index (Phi) is 5.66. The van der Waals surface area contributed by atoms with Crippen molar-refractivity contribution >= 4 is 108 Å². The minimum absolute atomic E-state index is 0.0134. The summed E-state index contributed by atoms with van der Waals surface area (Å²) in [6.07, 6.45) is 0. The van der Waals surface area contributed by atoms with Gasteiger partial charge >= 0.3 is 0 Å². The van der Waals surface area contributed by atoms with Gasteiger partial charge < -0.3 is 4.57 Å². The Labute approximate surface area is 307 Å². The first kappa shape index (κ1) is 30.3. The number of nitrogens with zero attached hydrogens (tertiary/aromatic N) is 1. The third-order valence-electron chi connectivity index (χ3n) is 12.4. The number of aromatic nitrogens is 1. The molecule has 0 saturated heterocycles. The molecule has 4 heteroatoms. The van der Waals surface area contributed by atoms with E-state index in [2.05, 4.69) is 157 Å². The molecule has 6 aromatic carbocycles. The Morgan fingerprint density at radius 1 is 0.569 bits per heavy atom. The monoisotopic (exact) mass is 693 g/mol. The Hall–Kier alpha value is -4.38.